The number of aromatic nitrogens is 2. The molecule has 1 aromatic heterocycles. The molecule has 0 spiro atoms. The van der Waals surface area contributed by atoms with Crippen LogP contribution in [0.25, 0.3) is 0 Å². The van der Waals surface area contributed by atoms with Gasteiger partial charge >= 0.3 is 0 Å². The van der Waals surface area contributed by atoms with Gasteiger partial charge in [0.1, 0.15) is 0 Å². The third-order valence-electron chi connectivity index (χ3n) is 1.38. The molecule has 1 atom stereocenters. The van der Waals surface area contributed by atoms with Crippen LogP contribution in [-0.2, 0) is 0 Å². The first-order valence-electron chi connectivity index (χ1n) is 3.03. The number of H-pyrrole nitrogens is 1. The molecule has 0 saturated carbocycles. The first-order chi connectivity index (χ1) is 4.34. The highest BCUT2D eigenvalue weighted by molar-refractivity contribution is 5.01. The van der Waals surface area contributed by atoms with Crippen molar-refractivity contribution in [1.29, 1.82) is 0 Å². The lowest BCUT2D eigenvalue weighted by molar-refractivity contribution is 0.751. The van der Waals surface area contributed by atoms with Gasteiger partial charge in [0.05, 0.1) is 12.0 Å². The predicted octanol–water partition coefficient (Wildman–Crippen LogP) is 0.472. The van der Waals surface area contributed by atoms with Gasteiger partial charge in [0.25, 0.3) is 0 Å². The lowest BCUT2D eigenvalue weighted by Crippen LogP contribution is -2.08. The van der Waals surface area contributed by atoms with Crippen LogP contribution in [0.5, 0.6) is 0 Å². The summed E-state index contributed by atoms with van der Waals surface area (Å²) in [6.07, 6.45) is 3.54. The Morgan fingerprint density at radius 3 is 3.11 bits per heavy atom. The molecule has 1 aromatic rings. The Kier molecular flexibility index (Phi) is 1.85. The van der Waals surface area contributed by atoms with Gasteiger partial charge in [-0.05, 0) is 0 Å². The number of rotatable bonds is 2. The lowest BCUT2D eigenvalue weighted by atomic mass is 10.1. The molecule has 0 fully saturated rings. The highest BCUT2D eigenvalue weighted by Crippen LogP contribution is 2.07. The smallest absolute Gasteiger partial charge is 0.0923 e. The van der Waals surface area contributed by atoms with Crippen molar-refractivity contribution >= 4 is 0 Å². The maximum Gasteiger partial charge on any atom is 0.0923 e. The summed E-state index contributed by atoms with van der Waals surface area (Å²) in [5.41, 5.74) is 6.45. The van der Waals surface area contributed by atoms with Gasteiger partial charge in [-0.2, -0.15) is 0 Å². The summed E-state index contributed by atoms with van der Waals surface area (Å²) in [6, 6.07) is 0. The van der Waals surface area contributed by atoms with Gasteiger partial charge in [-0.3, -0.25) is 0 Å². The third-order valence-corrected chi connectivity index (χ3v) is 1.38. The normalized spacial score (nSPS) is 13.6. The van der Waals surface area contributed by atoms with Crippen molar-refractivity contribution in [3.63, 3.8) is 0 Å². The molecule has 3 N–H and O–H groups in total. The summed E-state index contributed by atoms with van der Waals surface area (Å²) in [7, 11) is 0. The van der Waals surface area contributed by atoms with E-state index in [2.05, 4.69) is 16.9 Å². The maximum atomic E-state index is 5.41. The number of nitrogens with zero attached hydrogens (tertiary/aromatic N) is 1. The Hall–Kier alpha value is -0.830. The highest BCUT2D eigenvalue weighted by atomic mass is 14.9. The zero-order valence-electron chi connectivity index (χ0n) is 5.46. The molecular weight excluding hydrogens is 114 g/mol. The summed E-state index contributed by atoms with van der Waals surface area (Å²) in [5, 5.41) is 0. The van der Waals surface area contributed by atoms with E-state index in [0.717, 1.165) is 5.69 Å². The van der Waals surface area contributed by atoms with Gasteiger partial charge in [-0.15, -0.1) is 0 Å². The van der Waals surface area contributed by atoms with Gasteiger partial charge in [-0.25, -0.2) is 4.98 Å². The number of hydrogen-bond donors (Lipinski definition) is 2. The number of imidazole rings is 1. The second-order valence-corrected chi connectivity index (χ2v) is 2.13. The molecular formula is C6H11N3. The first kappa shape index (κ1) is 6.29. The van der Waals surface area contributed by atoms with E-state index < -0.39 is 0 Å². The lowest BCUT2D eigenvalue weighted by Gasteiger charge is -2.01. The van der Waals surface area contributed by atoms with Crippen LogP contribution < -0.4 is 5.73 Å². The molecule has 0 radical (unpaired) electrons. The minimum atomic E-state index is 0.372. The molecule has 0 saturated heterocycles. The summed E-state index contributed by atoms with van der Waals surface area (Å²) in [6.45, 7) is 2.71. The SMILES string of the molecule is C[C@@H](CN)c1c[nH]cn1. The average Bonchev–Trinajstić information content (AvgIpc) is 2.37. The molecule has 9 heavy (non-hydrogen) atoms. The molecule has 3 nitrogen and oxygen atoms in total. The van der Waals surface area contributed by atoms with Gasteiger partial charge in [0, 0.05) is 18.7 Å². The van der Waals surface area contributed by atoms with Crippen LogP contribution in [0.3, 0.4) is 0 Å². The van der Waals surface area contributed by atoms with Crippen LogP contribution in [-0.4, -0.2) is 16.5 Å². The topological polar surface area (TPSA) is 54.7 Å². The monoisotopic (exact) mass is 125 g/mol. The zero-order chi connectivity index (χ0) is 6.69. The minimum Gasteiger partial charge on any atom is -0.351 e. The minimum absolute atomic E-state index is 0.372. The maximum absolute atomic E-state index is 5.41. The molecule has 1 heterocycles. The Morgan fingerprint density at radius 2 is 2.67 bits per heavy atom. The van der Waals surface area contributed by atoms with Crippen molar-refractivity contribution in [3.05, 3.63) is 18.2 Å². The molecule has 0 unspecified atom stereocenters. The Bertz CT molecular complexity index is 157. The highest BCUT2D eigenvalue weighted by Gasteiger charge is 2.02. The van der Waals surface area contributed by atoms with Crippen LogP contribution in [0.1, 0.15) is 18.5 Å². The number of hydrogen-bond acceptors (Lipinski definition) is 2. The molecule has 0 aliphatic carbocycles. The fraction of sp³-hybridized carbons (Fsp3) is 0.500. The van der Waals surface area contributed by atoms with Crippen molar-refractivity contribution in [2.75, 3.05) is 6.54 Å². The molecule has 1 rings (SSSR count). The summed E-state index contributed by atoms with van der Waals surface area (Å²) >= 11 is 0. The molecule has 3 heteroatoms. The van der Waals surface area contributed by atoms with E-state index in [1.165, 1.54) is 0 Å². The molecule has 50 valence electrons. The predicted molar refractivity (Wildman–Crippen MR) is 36.1 cm³/mol. The largest absolute Gasteiger partial charge is 0.351 e. The zero-order valence-corrected chi connectivity index (χ0v) is 5.46. The summed E-state index contributed by atoms with van der Waals surface area (Å²) in [4.78, 5) is 6.93. The van der Waals surface area contributed by atoms with E-state index in [4.69, 9.17) is 5.73 Å². The number of aromatic amines is 1. The molecule has 0 aliphatic rings. The molecule has 0 aromatic carbocycles. The first-order valence-corrected chi connectivity index (χ1v) is 3.03. The van der Waals surface area contributed by atoms with Crippen molar-refractivity contribution < 1.29 is 0 Å². The van der Waals surface area contributed by atoms with E-state index in [1.54, 1.807) is 6.33 Å². The van der Waals surface area contributed by atoms with E-state index in [0.29, 0.717) is 12.5 Å². The van der Waals surface area contributed by atoms with E-state index in [9.17, 15) is 0 Å². The van der Waals surface area contributed by atoms with Crippen molar-refractivity contribution in [1.82, 2.24) is 9.97 Å². The van der Waals surface area contributed by atoms with Gasteiger partial charge in [-0.1, -0.05) is 6.92 Å². The van der Waals surface area contributed by atoms with Crippen LogP contribution in [0.4, 0.5) is 0 Å². The summed E-state index contributed by atoms with van der Waals surface area (Å²) in [5.74, 6) is 0.372. The second-order valence-electron chi connectivity index (χ2n) is 2.13. The molecule has 0 aliphatic heterocycles. The molecule has 0 bridgehead atoms. The standard InChI is InChI=1S/C6H11N3/c1-5(2-7)6-3-8-4-9-6/h3-5H,2,7H2,1H3,(H,8,9)/t5-/m0/s1. The average molecular weight is 125 g/mol. The van der Waals surface area contributed by atoms with Crippen molar-refractivity contribution in [2.45, 2.75) is 12.8 Å². The Morgan fingerprint density at radius 1 is 1.89 bits per heavy atom. The fourth-order valence-electron chi connectivity index (χ4n) is 0.662. The van der Waals surface area contributed by atoms with Gasteiger partial charge in [0.2, 0.25) is 0 Å². The third kappa shape index (κ3) is 1.29. The van der Waals surface area contributed by atoms with Crippen LogP contribution in [0, 0.1) is 0 Å². The van der Waals surface area contributed by atoms with E-state index in [1.807, 2.05) is 6.20 Å². The second kappa shape index (κ2) is 2.64. The van der Waals surface area contributed by atoms with Crippen LogP contribution in [0.2, 0.25) is 0 Å². The van der Waals surface area contributed by atoms with Crippen molar-refractivity contribution in [3.8, 4) is 0 Å². The van der Waals surface area contributed by atoms with E-state index in [-0.39, 0.29) is 0 Å². The van der Waals surface area contributed by atoms with Crippen LogP contribution in [0.15, 0.2) is 12.5 Å². The van der Waals surface area contributed by atoms with Crippen LogP contribution >= 0.6 is 0 Å². The van der Waals surface area contributed by atoms with E-state index >= 15 is 0 Å². The Balaban J connectivity index is 2.65. The number of nitrogens with two attached hydrogens (primary N) is 1. The van der Waals surface area contributed by atoms with Crippen molar-refractivity contribution in [2.24, 2.45) is 5.73 Å². The summed E-state index contributed by atoms with van der Waals surface area (Å²) < 4.78 is 0. The number of nitrogens with one attached hydrogen (secondary N) is 1. The van der Waals surface area contributed by atoms with Gasteiger partial charge < -0.3 is 10.7 Å². The quantitative estimate of drug-likeness (QED) is 0.603. The fourth-order valence-corrected chi connectivity index (χ4v) is 0.662. The van der Waals surface area contributed by atoms with Gasteiger partial charge in [0.15, 0.2) is 0 Å². The molecule has 0 amide bonds. The Labute approximate surface area is 54.3 Å².